The number of nitrogens with zero attached hydrogens (tertiary/aromatic N) is 1. The van der Waals surface area contributed by atoms with Gasteiger partial charge >= 0.3 is 0 Å². The Balaban J connectivity index is 3.14. The molecule has 130 valence electrons. The summed E-state index contributed by atoms with van der Waals surface area (Å²) < 4.78 is 0. The highest BCUT2D eigenvalue weighted by molar-refractivity contribution is 5.81. The highest BCUT2D eigenvalue weighted by atomic mass is 16.2. The van der Waals surface area contributed by atoms with Crippen LogP contribution >= 0.6 is 0 Å². The molecular formula is C20H39NO. The van der Waals surface area contributed by atoms with Crippen molar-refractivity contribution < 1.29 is 4.79 Å². The Hall–Kier alpha value is -0.530. The molecule has 1 rings (SSSR count). The molecule has 2 heteroatoms. The van der Waals surface area contributed by atoms with E-state index in [0.717, 1.165) is 19.4 Å². The number of piperidine rings is 1. The van der Waals surface area contributed by atoms with Crippen LogP contribution in [0.3, 0.4) is 0 Å². The Morgan fingerprint density at radius 1 is 1.14 bits per heavy atom. The first-order chi connectivity index (χ1) is 9.67. The van der Waals surface area contributed by atoms with Gasteiger partial charge in [0.2, 0.25) is 5.91 Å². The van der Waals surface area contributed by atoms with E-state index < -0.39 is 0 Å². The average Bonchev–Trinajstić information content (AvgIpc) is 2.22. The van der Waals surface area contributed by atoms with Gasteiger partial charge in [-0.1, -0.05) is 69.2 Å². The van der Waals surface area contributed by atoms with Crippen LogP contribution in [0.2, 0.25) is 0 Å². The molecule has 0 aliphatic carbocycles. The van der Waals surface area contributed by atoms with Crippen molar-refractivity contribution >= 4 is 5.91 Å². The Labute approximate surface area is 139 Å². The van der Waals surface area contributed by atoms with E-state index in [1.807, 2.05) is 0 Å². The van der Waals surface area contributed by atoms with Crippen LogP contribution in [0.15, 0.2) is 0 Å². The lowest BCUT2D eigenvalue weighted by molar-refractivity contribution is -0.154. The maximum absolute atomic E-state index is 13.3. The summed E-state index contributed by atoms with van der Waals surface area (Å²) in [6, 6.07) is 0.317. The molecule has 0 spiro atoms. The van der Waals surface area contributed by atoms with Gasteiger partial charge in [-0.15, -0.1) is 0 Å². The summed E-state index contributed by atoms with van der Waals surface area (Å²) in [5.74, 6) is 0.932. The summed E-state index contributed by atoms with van der Waals surface area (Å²) >= 11 is 0. The first kappa shape index (κ1) is 19.5. The molecular weight excluding hydrogens is 270 g/mol. The predicted molar refractivity (Wildman–Crippen MR) is 95.8 cm³/mol. The number of carbonyl (C=O) groups excluding carboxylic acids is 1. The van der Waals surface area contributed by atoms with Crippen molar-refractivity contribution in [1.82, 2.24) is 4.90 Å². The van der Waals surface area contributed by atoms with Crippen LogP contribution in [-0.4, -0.2) is 23.4 Å². The molecule has 1 heterocycles. The van der Waals surface area contributed by atoms with E-state index in [-0.39, 0.29) is 22.2 Å². The third kappa shape index (κ3) is 4.49. The first-order valence-corrected chi connectivity index (χ1v) is 8.97. The summed E-state index contributed by atoms with van der Waals surface area (Å²) in [7, 11) is 0. The van der Waals surface area contributed by atoms with E-state index in [9.17, 15) is 4.79 Å². The Morgan fingerprint density at radius 3 is 2.00 bits per heavy atom. The molecule has 0 saturated carbocycles. The lowest BCUT2D eigenvalue weighted by Crippen LogP contribution is -2.58. The van der Waals surface area contributed by atoms with E-state index in [1.165, 1.54) is 0 Å². The van der Waals surface area contributed by atoms with E-state index >= 15 is 0 Å². The number of amides is 1. The largest absolute Gasteiger partial charge is 0.339 e. The van der Waals surface area contributed by atoms with Crippen LogP contribution in [0.1, 0.15) is 82.1 Å². The fourth-order valence-corrected chi connectivity index (χ4v) is 4.15. The molecule has 0 bridgehead atoms. The Morgan fingerprint density at radius 2 is 1.64 bits per heavy atom. The number of likely N-dealkylation sites (tertiary alicyclic amines) is 1. The number of rotatable bonds is 3. The van der Waals surface area contributed by atoms with Gasteiger partial charge in [-0.3, -0.25) is 4.79 Å². The highest BCUT2D eigenvalue weighted by Crippen LogP contribution is 2.44. The zero-order valence-electron chi connectivity index (χ0n) is 16.7. The van der Waals surface area contributed by atoms with Crippen LogP contribution in [-0.2, 0) is 4.79 Å². The molecule has 2 unspecified atom stereocenters. The first-order valence-electron chi connectivity index (χ1n) is 8.97. The lowest BCUT2D eigenvalue weighted by Gasteiger charge is -2.51. The smallest absolute Gasteiger partial charge is 0.226 e. The third-order valence-electron chi connectivity index (χ3n) is 5.24. The molecule has 0 aromatic heterocycles. The van der Waals surface area contributed by atoms with Crippen molar-refractivity contribution in [1.29, 1.82) is 0 Å². The minimum Gasteiger partial charge on any atom is -0.339 e. The summed E-state index contributed by atoms with van der Waals surface area (Å²) in [5.41, 5.74) is 0.469. The molecule has 22 heavy (non-hydrogen) atoms. The fourth-order valence-electron chi connectivity index (χ4n) is 4.15. The van der Waals surface area contributed by atoms with Crippen molar-refractivity contribution in [2.45, 2.75) is 88.1 Å². The molecule has 0 radical (unpaired) electrons. The van der Waals surface area contributed by atoms with E-state index in [2.05, 4.69) is 74.1 Å². The molecule has 2 nitrogen and oxygen atoms in total. The minimum absolute atomic E-state index is 0.117. The SMILES string of the molecule is CC(C)C1C(=O)N(C(CC(C)(C)C)C(C)(C)C)CCC1(C)C. The molecule has 0 N–H and O–H groups in total. The van der Waals surface area contributed by atoms with Crippen LogP contribution in [0.4, 0.5) is 0 Å². The van der Waals surface area contributed by atoms with E-state index in [4.69, 9.17) is 0 Å². The monoisotopic (exact) mass is 309 g/mol. The van der Waals surface area contributed by atoms with E-state index in [1.54, 1.807) is 0 Å². The molecule has 2 atom stereocenters. The third-order valence-corrected chi connectivity index (χ3v) is 5.24. The van der Waals surface area contributed by atoms with Crippen LogP contribution in [0, 0.1) is 28.1 Å². The van der Waals surface area contributed by atoms with Gasteiger partial charge in [-0.2, -0.15) is 0 Å². The molecule has 1 fully saturated rings. The van der Waals surface area contributed by atoms with Gasteiger partial charge in [0.05, 0.1) is 0 Å². The van der Waals surface area contributed by atoms with Crippen molar-refractivity contribution in [3.63, 3.8) is 0 Å². The molecule has 1 saturated heterocycles. The fraction of sp³-hybridized carbons (Fsp3) is 0.950. The number of hydrogen-bond acceptors (Lipinski definition) is 1. The molecule has 1 aliphatic heterocycles. The van der Waals surface area contributed by atoms with Crippen LogP contribution in [0.25, 0.3) is 0 Å². The van der Waals surface area contributed by atoms with Gasteiger partial charge in [0.15, 0.2) is 0 Å². The Bertz CT molecular complexity index is 395. The van der Waals surface area contributed by atoms with Gasteiger partial charge < -0.3 is 4.90 Å². The second kappa shape index (κ2) is 6.17. The second-order valence-corrected chi connectivity index (χ2v) is 10.6. The van der Waals surface area contributed by atoms with Crippen LogP contribution < -0.4 is 0 Å². The highest BCUT2D eigenvalue weighted by Gasteiger charge is 2.47. The topological polar surface area (TPSA) is 20.3 Å². The maximum atomic E-state index is 13.3. The van der Waals surface area contributed by atoms with Crippen molar-refractivity contribution in [2.75, 3.05) is 6.54 Å². The van der Waals surface area contributed by atoms with Crippen LogP contribution in [0.5, 0.6) is 0 Å². The lowest BCUT2D eigenvalue weighted by atomic mass is 9.66. The second-order valence-electron chi connectivity index (χ2n) is 10.6. The average molecular weight is 310 g/mol. The normalized spacial score (nSPS) is 24.8. The predicted octanol–water partition coefficient (Wildman–Crippen LogP) is 5.37. The summed E-state index contributed by atoms with van der Waals surface area (Å²) in [4.78, 5) is 15.5. The minimum atomic E-state index is 0.117. The quantitative estimate of drug-likeness (QED) is 0.686. The molecule has 0 aromatic rings. The van der Waals surface area contributed by atoms with Gasteiger partial charge in [0, 0.05) is 18.5 Å². The summed E-state index contributed by atoms with van der Waals surface area (Å²) in [6.07, 6.45) is 2.17. The molecule has 1 amide bonds. The van der Waals surface area contributed by atoms with Gasteiger partial charge in [-0.05, 0) is 35.0 Å². The standard InChI is InChI=1S/C20H39NO/c1-14(2)16-17(22)21(12-11-20(16,9)10)15(19(6,7)8)13-18(3,4)5/h14-16H,11-13H2,1-10H3. The summed E-state index contributed by atoms with van der Waals surface area (Å²) in [5, 5.41) is 0. The van der Waals surface area contributed by atoms with E-state index in [0.29, 0.717) is 17.9 Å². The zero-order valence-corrected chi connectivity index (χ0v) is 16.7. The maximum Gasteiger partial charge on any atom is 0.226 e. The van der Waals surface area contributed by atoms with Crippen molar-refractivity contribution in [3.05, 3.63) is 0 Å². The van der Waals surface area contributed by atoms with Gasteiger partial charge in [0.25, 0.3) is 0 Å². The molecule has 0 aromatic carbocycles. The van der Waals surface area contributed by atoms with Crippen molar-refractivity contribution in [2.24, 2.45) is 28.1 Å². The number of carbonyl (C=O) groups is 1. The summed E-state index contributed by atoms with van der Waals surface area (Å²) in [6.45, 7) is 23.5. The van der Waals surface area contributed by atoms with Crippen molar-refractivity contribution in [3.8, 4) is 0 Å². The molecule has 1 aliphatic rings. The zero-order chi connectivity index (χ0) is 17.5. The van der Waals surface area contributed by atoms with Gasteiger partial charge in [0.1, 0.15) is 0 Å². The van der Waals surface area contributed by atoms with Gasteiger partial charge in [-0.25, -0.2) is 0 Å². The Kier molecular flexibility index (Phi) is 5.47. The number of hydrogen-bond donors (Lipinski definition) is 0.